The molecular formula is C16H27NO3. The molecule has 0 aromatic heterocycles. The monoisotopic (exact) mass is 281 g/mol. The summed E-state index contributed by atoms with van der Waals surface area (Å²) in [5, 5.41) is 21.8. The van der Waals surface area contributed by atoms with Gasteiger partial charge < -0.3 is 20.3 Å². The molecule has 0 saturated heterocycles. The Morgan fingerprint density at radius 2 is 1.90 bits per heavy atom. The van der Waals surface area contributed by atoms with E-state index in [9.17, 15) is 5.11 Å². The van der Waals surface area contributed by atoms with Crippen LogP contribution in [0.25, 0.3) is 0 Å². The molecule has 1 aromatic rings. The molecule has 1 rings (SSSR count). The average Bonchev–Trinajstić information content (AvgIpc) is 2.50. The zero-order chi connectivity index (χ0) is 14.8. The smallest absolute Gasteiger partial charge is 0.119 e. The van der Waals surface area contributed by atoms with E-state index in [-0.39, 0.29) is 18.8 Å². The molecule has 3 N–H and O–H groups in total. The van der Waals surface area contributed by atoms with E-state index in [0.717, 1.165) is 37.1 Å². The molecule has 0 spiro atoms. The highest BCUT2D eigenvalue weighted by Crippen LogP contribution is 2.15. The number of aliphatic hydroxyl groups excluding tert-OH is 2. The minimum atomic E-state index is -0.222. The van der Waals surface area contributed by atoms with E-state index in [1.165, 1.54) is 0 Å². The maximum Gasteiger partial charge on any atom is 0.119 e. The van der Waals surface area contributed by atoms with Gasteiger partial charge in [-0.05, 0) is 50.4 Å². The standard InChI is InChI=1S/C16H27NO3/c1-3-10-17-16(2,13-19)9-4-11-20-15-7-5-14(12-18)6-8-15/h5-8,17-19H,3-4,9-13H2,1-2H3. The molecule has 1 aromatic carbocycles. The molecule has 20 heavy (non-hydrogen) atoms. The van der Waals surface area contributed by atoms with Crippen LogP contribution in [0.4, 0.5) is 0 Å². The predicted molar refractivity (Wildman–Crippen MR) is 80.9 cm³/mol. The third kappa shape index (κ3) is 5.90. The maximum atomic E-state index is 9.46. The SMILES string of the molecule is CCCNC(C)(CO)CCCOc1ccc(CO)cc1. The van der Waals surface area contributed by atoms with Crippen molar-refractivity contribution in [3.63, 3.8) is 0 Å². The minimum absolute atomic E-state index is 0.0538. The largest absolute Gasteiger partial charge is 0.494 e. The quantitative estimate of drug-likeness (QED) is 0.575. The van der Waals surface area contributed by atoms with E-state index in [0.29, 0.717) is 6.61 Å². The molecule has 0 aliphatic rings. The molecule has 0 bridgehead atoms. The number of rotatable bonds is 10. The Kier molecular flexibility index (Phi) is 7.59. The highest BCUT2D eigenvalue weighted by atomic mass is 16.5. The maximum absolute atomic E-state index is 9.46. The van der Waals surface area contributed by atoms with Crippen molar-refractivity contribution in [2.24, 2.45) is 0 Å². The lowest BCUT2D eigenvalue weighted by atomic mass is 9.97. The fraction of sp³-hybridized carbons (Fsp3) is 0.625. The normalized spacial score (nSPS) is 14.0. The van der Waals surface area contributed by atoms with Gasteiger partial charge in [-0.2, -0.15) is 0 Å². The van der Waals surface area contributed by atoms with Crippen molar-refractivity contribution in [1.82, 2.24) is 5.32 Å². The molecule has 0 heterocycles. The first-order valence-electron chi connectivity index (χ1n) is 7.32. The van der Waals surface area contributed by atoms with Gasteiger partial charge in [0, 0.05) is 5.54 Å². The van der Waals surface area contributed by atoms with Gasteiger partial charge in [-0.1, -0.05) is 19.1 Å². The van der Waals surface area contributed by atoms with E-state index in [2.05, 4.69) is 12.2 Å². The van der Waals surface area contributed by atoms with Gasteiger partial charge in [0.1, 0.15) is 5.75 Å². The fourth-order valence-corrected chi connectivity index (χ4v) is 1.99. The number of aliphatic hydroxyl groups is 2. The Morgan fingerprint density at radius 1 is 1.20 bits per heavy atom. The molecule has 114 valence electrons. The third-order valence-corrected chi connectivity index (χ3v) is 3.40. The lowest BCUT2D eigenvalue weighted by Gasteiger charge is -2.28. The van der Waals surface area contributed by atoms with Gasteiger partial charge in [0.2, 0.25) is 0 Å². The third-order valence-electron chi connectivity index (χ3n) is 3.40. The fourth-order valence-electron chi connectivity index (χ4n) is 1.99. The molecule has 0 fully saturated rings. The highest BCUT2D eigenvalue weighted by Gasteiger charge is 2.21. The Morgan fingerprint density at radius 3 is 2.45 bits per heavy atom. The van der Waals surface area contributed by atoms with Crippen LogP contribution in [0.15, 0.2) is 24.3 Å². The topological polar surface area (TPSA) is 61.7 Å². The molecule has 4 heteroatoms. The first-order valence-corrected chi connectivity index (χ1v) is 7.32. The number of hydrogen-bond donors (Lipinski definition) is 3. The molecule has 0 saturated carbocycles. The van der Waals surface area contributed by atoms with Crippen LogP contribution in [0.3, 0.4) is 0 Å². The van der Waals surface area contributed by atoms with E-state index >= 15 is 0 Å². The summed E-state index contributed by atoms with van der Waals surface area (Å²) in [6.07, 6.45) is 2.82. The molecule has 1 atom stereocenters. The van der Waals surface area contributed by atoms with Gasteiger partial charge >= 0.3 is 0 Å². The van der Waals surface area contributed by atoms with Crippen LogP contribution in [0.5, 0.6) is 5.75 Å². The second-order valence-corrected chi connectivity index (χ2v) is 5.40. The van der Waals surface area contributed by atoms with Crippen molar-refractivity contribution < 1.29 is 14.9 Å². The van der Waals surface area contributed by atoms with Crippen molar-refractivity contribution in [2.75, 3.05) is 19.8 Å². The lowest BCUT2D eigenvalue weighted by Crippen LogP contribution is -2.46. The molecule has 1 unspecified atom stereocenters. The molecule has 0 amide bonds. The Labute approximate surface area is 121 Å². The summed E-state index contributed by atoms with van der Waals surface area (Å²) < 4.78 is 5.66. The lowest BCUT2D eigenvalue weighted by molar-refractivity contribution is 0.156. The molecule has 4 nitrogen and oxygen atoms in total. The summed E-state index contributed by atoms with van der Waals surface area (Å²) in [7, 11) is 0. The van der Waals surface area contributed by atoms with Crippen LogP contribution in [-0.2, 0) is 6.61 Å². The van der Waals surface area contributed by atoms with Crippen molar-refractivity contribution in [3.05, 3.63) is 29.8 Å². The first-order chi connectivity index (χ1) is 9.63. The molecule has 0 aliphatic heterocycles. The summed E-state index contributed by atoms with van der Waals surface area (Å²) in [6, 6.07) is 7.45. The number of nitrogens with one attached hydrogen (secondary N) is 1. The van der Waals surface area contributed by atoms with Crippen LogP contribution >= 0.6 is 0 Å². The van der Waals surface area contributed by atoms with E-state index < -0.39 is 0 Å². The van der Waals surface area contributed by atoms with E-state index in [4.69, 9.17) is 9.84 Å². The van der Waals surface area contributed by atoms with Crippen molar-refractivity contribution in [3.8, 4) is 5.75 Å². The van der Waals surface area contributed by atoms with Crippen molar-refractivity contribution >= 4 is 0 Å². The zero-order valence-corrected chi connectivity index (χ0v) is 12.6. The second-order valence-electron chi connectivity index (χ2n) is 5.40. The Balaban J connectivity index is 2.28. The van der Waals surface area contributed by atoms with Crippen LogP contribution in [0.1, 0.15) is 38.7 Å². The summed E-state index contributed by atoms with van der Waals surface area (Å²) in [5.74, 6) is 0.814. The van der Waals surface area contributed by atoms with Crippen LogP contribution in [0.2, 0.25) is 0 Å². The summed E-state index contributed by atoms with van der Waals surface area (Å²) in [6.45, 7) is 5.89. The number of ether oxygens (including phenoxy) is 1. The van der Waals surface area contributed by atoms with Crippen LogP contribution in [0, 0.1) is 0 Å². The van der Waals surface area contributed by atoms with Gasteiger partial charge in [0.05, 0.1) is 19.8 Å². The van der Waals surface area contributed by atoms with Gasteiger partial charge in [-0.15, -0.1) is 0 Å². The highest BCUT2D eigenvalue weighted by molar-refractivity contribution is 5.26. The average molecular weight is 281 g/mol. The van der Waals surface area contributed by atoms with Crippen molar-refractivity contribution in [1.29, 1.82) is 0 Å². The van der Waals surface area contributed by atoms with Crippen LogP contribution < -0.4 is 10.1 Å². The number of hydrogen-bond acceptors (Lipinski definition) is 4. The van der Waals surface area contributed by atoms with Gasteiger partial charge in [0.15, 0.2) is 0 Å². The summed E-state index contributed by atoms with van der Waals surface area (Å²) in [5.41, 5.74) is 0.661. The summed E-state index contributed by atoms with van der Waals surface area (Å²) in [4.78, 5) is 0. The second kappa shape index (κ2) is 8.95. The summed E-state index contributed by atoms with van der Waals surface area (Å²) >= 11 is 0. The van der Waals surface area contributed by atoms with E-state index in [1.807, 2.05) is 31.2 Å². The number of benzene rings is 1. The van der Waals surface area contributed by atoms with E-state index in [1.54, 1.807) is 0 Å². The Hall–Kier alpha value is -1.10. The Bertz CT molecular complexity index is 366. The van der Waals surface area contributed by atoms with Gasteiger partial charge in [-0.25, -0.2) is 0 Å². The zero-order valence-electron chi connectivity index (χ0n) is 12.6. The molecule has 0 radical (unpaired) electrons. The van der Waals surface area contributed by atoms with Crippen molar-refractivity contribution in [2.45, 2.75) is 45.3 Å². The first kappa shape index (κ1) is 17.0. The molecule has 0 aliphatic carbocycles. The van der Waals surface area contributed by atoms with Crippen LogP contribution in [-0.4, -0.2) is 35.5 Å². The molecular weight excluding hydrogens is 254 g/mol. The van der Waals surface area contributed by atoms with Gasteiger partial charge in [0.25, 0.3) is 0 Å². The van der Waals surface area contributed by atoms with Gasteiger partial charge in [-0.3, -0.25) is 0 Å². The predicted octanol–water partition coefficient (Wildman–Crippen LogP) is 2.09. The minimum Gasteiger partial charge on any atom is -0.494 e.